The molecule has 0 radical (unpaired) electrons. The highest BCUT2D eigenvalue weighted by atomic mass is 16.5. The Kier molecular flexibility index (Phi) is 2.74. The molecule has 0 aromatic heterocycles. The number of amides is 1. The number of methoxy groups -OCH3 is 1. The van der Waals surface area contributed by atoms with Gasteiger partial charge < -0.3 is 10.1 Å². The zero-order chi connectivity index (χ0) is 9.14. The van der Waals surface area contributed by atoms with Gasteiger partial charge in [0.05, 0.1) is 13.2 Å². The summed E-state index contributed by atoms with van der Waals surface area (Å²) in [5.74, 6) is 1.28. The Bertz CT molecular complexity index is 209. The molecule has 1 aliphatic heterocycles. The van der Waals surface area contributed by atoms with Gasteiger partial charge in [-0.3, -0.25) is 4.79 Å². The van der Waals surface area contributed by atoms with Crippen LogP contribution in [0.25, 0.3) is 0 Å². The Morgan fingerprint density at radius 2 is 2.33 bits per heavy atom. The van der Waals surface area contributed by atoms with Crippen molar-refractivity contribution < 1.29 is 9.53 Å². The largest absolute Gasteiger partial charge is 0.499 e. The molecule has 1 atom stereocenters. The maximum Gasteiger partial charge on any atom is 0.248 e. The summed E-state index contributed by atoms with van der Waals surface area (Å²) in [4.78, 5) is 10.9. The molecule has 0 unspecified atom stereocenters. The van der Waals surface area contributed by atoms with Crippen LogP contribution in [0.1, 0.15) is 20.3 Å². The zero-order valence-electron chi connectivity index (χ0n) is 7.76. The lowest BCUT2D eigenvalue weighted by atomic mass is 10.0. The number of hydrogen-bond donors (Lipinski definition) is 1. The molecule has 12 heavy (non-hydrogen) atoms. The van der Waals surface area contributed by atoms with E-state index < -0.39 is 0 Å². The summed E-state index contributed by atoms with van der Waals surface area (Å²) in [6.07, 6.45) is 2.46. The maximum atomic E-state index is 10.9. The third-order valence-corrected chi connectivity index (χ3v) is 1.88. The molecular formula is C9H15NO2. The van der Waals surface area contributed by atoms with Gasteiger partial charge in [-0.25, -0.2) is 0 Å². The van der Waals surface area contributed by atoms with Crippen molar-refractivity contribution in [1.29, 1.82) is 0 Å². The lowest BCUT2D eigenvalue weighted by Crippen LogP contribution is -2.30. The predicted octanol–water partition coefficient (Wildman–Crippen LogP) is 1.06. The smallest absolute Gasteiger partial charge is 0.248 e. The minimum atomic E-state index is -0.0440. The normalized spacial score (nSPS) is 22.5. The number of nitrogens with one attached hydrogen (secondary N) is 1. The fourth-order valence-electron chi connectivity index (χ4n) is 1.36. The Labute approximate surface area is 72.8 Å². The first-order chi connectivity index (χ1) is 5.63. The van der Waals surface area contributed by atoms with Gasteiger partial charge in [0, 0.05) is 6.08 Å². The van der Waals surface area contributed by atoms with E-state index in [4.69, 9.17) is 4.74 Å². The van der Waals surface area contributed by atoms with Gasteiger partial charge in [0.2, 0.25) is 5.91 Å². The van der Waals surface area contributed by atoms with Crippen LogP contribution in [-0.4, -0.2) is 19.1 Å². The quantitative estimate of drug-likeness (QED) is 0.686. The second kappa shape index (κ2) is 3.61. The molecule has 3 nitrogen and oxygen atoms in total. The van der Waals surface area contributed by atoms with E-state index >= 15 is 0 Å². The van der Waals surface area contributed by atoms with Crippen LogP contribution in [0.5, 0.6) is 0 Å². The number of carbonyl (C=O) groups is 1. The Morgan fingerprint density at radius 3 is 2.83 bits per heavy atom. The molecule has 1 heterocycles. The third-order valence-electron chi connectivity index (χ3n) is 1.88. The molecule has 1 amide bonds. The zero-order valence-corrected chi connectivity index (χ0v) is 7.76. The highest BCUT2D eigenvalue weighted by Gasteiger charge is 2.24. The molecule has 0 saturated heterocycles. The van der Waals surface area contributed by atoms with Crippen molar-refractivity contribution in [3.63, 3.8) is 0 Å². The summed E-state index contributed by atoms with van der Waals surface area (Å²) in [6, 6.07) is 0.0856. The number of rotatable bonds is 3. The van der Waals surface area contributed by atoms with E-state index in [1.807, 2.05) is 0 Å². The molecular weight excluding hydrogens is 154 g/mol. The van der Waals surface area contributed by atoms with Crippen molar-refractivity contribution in [2.45, 2.75) is 26.3 Å². The lowest BCUT2D eigenvalue weighted by molar-refractivity contribution is -0.116. The summed E-state index contributed by atoms with van der Waals surface area (Å²) < 4.78 is 5.07. The molecule has 0 bridgehead atoms. The van der Waals surface area contributed by atoms with Crippen molar-refractivity contribution in [2.24, 2.45) is 5.92 Å². The summed E-state index contributed by atoms with van der Waals surface area (Å²) in [5, 5.41) is 2.83. The Balaban J connectivity index is 2.56. The fraction of sp³-hybridized carbons (Fsp3) is 0.667. The van der Waals surface area contributed by atoms with Crippen LogP contribution >= 0.6 is 0 Å². The van der Waals surface area contributed by atoms with E-state index in [1.54, 1.807) is 7.11 Å². The van der Waals surface area contributed by atoms with Gasteiger partial charge in [-0.15, -0.1) is 0 Å². The average Bonchev–Trinajstić information content (AvgIpc) is 2.29. The van der Waals surface area contributed by atoms with Gasteiger partial charge in [-0.2, -0.15) is 0 Å². The summed E-state index contributed by atoms with van der Waals surface area (Å²) in [6.45, 7) is 4.25. The first kappa shape index (κ1) is 9.10. The minimum absolute atomic E-state index is 0.0440. The maximum absolute atomic E-state index is 10.9. The van der Waals surface area contributed by atoms with Gasteiger partial charge in [0.25, 0.3) is 0 Å². The van der Waals surface area contributed by atoms with E-state index in [0.717, 1.165) is 12.2 Å². The molecule has 1 rings (SSSR count). The highest BCUT2D eigenvalue weighted by molar-refractivity contribution is 5.91. The van der Waals surface area contributed by atoms with Crippen LogP contribution < -0.4 is 5.32 Å². The van der Waals surface area contributed by atoms with Crippen LogP contribution in [0.15, 0.2) is 11.8 Å². The van der Waals surface area contributed by atoms with Crippen LogP contribution in [0.2, 0.25) is 0 Å². The van der Waals surface area contributed by atoms with Crippen LogP contribution in [0, 0.1) is 5.92 Å². The topological polar surface area (TPSA) is 38.3 Å². The molecule has 1 N–H and O–H groups in total. The number of carbonyl (C=O) groups excluding carboxylic acids is 1. The predicted molar refractivity (Wildman–Crippen MR) is 46.5 cm³/mol. The van der Waals surface area contributed by atoms with Crippen molar-refractivity contribution in [3.8, 4) is 0 Å². The first-order valence-corrected chi connectivity index (χ1v) is 4.19. The molecule has 0 spiro atoms. The van der Waals surface area contributed by atoms with E-state index in [0.29, 0.717) is 5.92 Å². The fourth-order valence-corrected chi connectivity index (χ4v) is 1.36. The van der Waals surface area contributed by atoms with E-state index in [1.165, 1.54) is 6.08 Å². The summed E-state index contributed by atoms with van der Waals surface area (Å²) in [5.41, 5.74) is 0. The van der Waals surface area contributed by atoms with E-state index in [-0.39, 0.29) is 11.9 Å². The summed E-state index contributed by atoms with van der Waals surface area (Å²) in [7, 11) is 1.60. The molecule has 0 aromatic rings. The molecule has 0 fully saturated rings. The molecule has 68 valence electrons. The van der Waals surface area contributed by atoms with Crippen molar-refractivity contribution in [1.82, 2.24) is 5.32 Å². The van der Waals surface area contributed by atoms with Gasteiger partial charge in [-0.05, 0) is 12.3 Å². The Morgan fingerprint density at radius 1 is 1.67 bits per heavy atom. The molecule has 3 heteroatoms. The van der Waals surface area contributed by atoms with Crippen LogP contribution in [-0.2, 0) is 9.53 Å². The first-order valence-electron chi connectivity index (χ1n) is 4.19. The lowest BCUT2D eigenvalue weighted by Gasteiger charge is -2.15. The average molecular weight is 169 g/mol. The molecule has 1 aliphatic rings. The second-order valence-electron chi connectivity index (χ2n) is 3.44. The third kappa shape index (κ3) is 2.00. The van der Waals surface area contributed by atoms with Gasteiger partial charge in [0.15, 0.2) is 0 Å². The van der Waals surface area contributed by atoms with Crippen molar-refractivity contribution in [3.05, 3.63) is 11.8 Å². The SMILES string of the molecule is COC1=CC(=O)N[C@H]1CC(C)C. The van der Waals surface area contributed by atoms with Gasteiger partial charge in [0.1, 0.15) is 5.76 Å². The van der Waals surface area contributed by atoms with Gasteiger partial charge >= 0.3 is 0 Å². The highest BCUT2D eigenvalue weighted by Crippen LogP contribution is 2.17. The number of hydrogen-bond acceptors (Lipinski definition) is 2. The molecule has 0 saturated carbocycles. The monoisotopic (exact) mass is 169 g/mol. The molecule has 0 aromatic carbocycles. The van der Waals surface area contributed by atoms with E-state index in [9.17, 15) is 4.79 Å². The second-order valence-corrected chi connectivity index (χ2v) is 3.44. The van der Waals surface area contributed by atoms with Gasteiger partial charge in [-0.1, -0.05) is 13.8 Å². The summed E-state index contributed by atoms with van der Waals surface area (Å²) >= 11 is 0. The van der Waals surface area contributed by atoms with Crippen molar-refractivity contribution in [2.75, 3.05) is 7.11 Å². The van der Waals surface area contributed by atoms with E-state index in [2.05, 4.69) is 19.2 Å². The standard InChI is InChI=1S/C9H15NO2/c1-6(2)4-7-8(12-3)5-9(11)10-7/h5-7H,4H2,1-3H3,(H,10,11)/t7-/m0/s1. The van der Waals surface area contributed by atoms with Crippen LogP contribution in [0.3, 0.4) is 0 Å². The van der Waals surface area contributed by atoms with Crippen molar-refractivity contribution >= 4 is 5.91 Å². The van der Waals surface area contributed by atoms with Crippen LogP contribution in [0.4, 0.5) is 0 Å². The Hall–Kier alpha value is -0.990. The minimum Gasteiger partial charge on any atom is -0.499 e. The molecule has 0 aliphatic carbocycles. The number of ether oxygens (including phenoxy) is 1.